The molecule has 0 radical (unpaired) electrons. The number of para-hydroxylation sites is 4. The summed E-state index contributed by atoms with van der Waals surface area (Å²) in [6, 6.07) is 66.4. The molecule has 0 aromatic heterocycles. The van der Waals surface area contributed by atoms with Crippen LogP contribution >= 0.6 is 0 Å². The molecule has 0 unspecified atom stereocenters. The van der Waals surface area contributed by atoms with Crippen molar-refractivity contribution in [3.63, 3.8) is 0 Å². The van der Waals surface area contributed by atoms with Crippen LogP contribution in [0, 0.1) is 0 Å². The maximum atomic E-state index is 7.11. The summed E-state index contributed by atoms with van der Waals surface area (Å²) < 4.78 is 7.11. The number of aryl methyl sites for hydroxylation is 2. The lowest BCUT2D eigenvalue weighted by Gasteiger charge is -2.30. The fourth-order valence-corrected chi connectivity index (χ4v) is 9.03. The Bertz CT molecular complexity index is 2850. The number of hydrogen-bond donors (Lipinski definition) is 0. The molecule has 9 aromatic carbocycles. The van der Waals surface area contributed by atoms with Gasteiger partial charge in [0, 0.05) is 50.8 Å². The highest BCUT2D eigenvalue weighted by Gasteiger charge is 2.27. The highest BCUT2D eigenvalue weighted by atomic mass is 16.5. The van der Waals surface area contributed by atoms with Crippen molar-refractivity contribution in [3.8, 4) is 22.6 Å². The lowest BCUT2D eigenvalue weighted by molar-refractivity contribution is 0.486. The number of unbranched alkanes of at least 4 members (excludes halogenated alkanes) is 2. The molecule has 0 bridgehead atoms. The zero-order valence-electron chi connectivity index (χ0n) is 33.9. The van der Waals surface area contributed by atoms with E-state index >= 15 is 0 Å². The number of rotatable bonds is 12. The third-order valence-corrected chi connectivity index (χ3v) is 11.9. The van der Waals surface area contributed by atoms with Crippen molar-refractivity contribution in [1.29, 1.82) is 0 Å². The van der Waals surface area contributed by atoms with Crippen molar-refractivity contribution in [2.24, 2.45) is 0 Å². The first kappa shape index (κ1) is 36.5. The maximum absolute atomic E-state index is 7.11. The molecule has 0 saturated carbocycles. The molecule has 3 heteroatoms. The van der Waals surface area contributed by atoms with E-state index in [1.165, 1.54) is 54.7 Å². The Kier molecular flexibility index (Phi) is 9.80. The van der Waals surface area contributed by atoms with Crippen molar-refractivity contribution < 1.29 is 4.74 Å². The van der Waals surface area contributed by atoms with E-state index in [0.717, 1.165) is 84.0 Å². The van der Waals surface area contributed by atoms with Crippen LogP contribution in [-0.2, 0) is 12.8 Å². The molecule has 0 atom stereocenters. The van der Waals surface area contributed by atoms with E-state index < -0.39 is 0 Å². The van der Waals surface area contributed by atoms with E-state index in [2.05, 4.69) is 206 Å². The molecule has 288 valence electrons. The van der Waals surface area contributed by atoms with Crippen molar-refractivity contribution in [2.45, 2.75) is 52.4 Å². The SMILES string of the molecule is CCCCc1ccc2c(N(c3ccccc3)c3ccccc3)cc3c4cc(CCCC)cc5c4c(cc3c2c1)-c1ccc(N(c2ccccc2)c2ccccc2)cc1O5. The van der Waals surface area contributed by atoms with Gasteiger partial charge in [-0.3, -0.25) is 0 Å². The molecule has 9 aromatic rings. The first-order chi connectivity index (χ1) is 29.2. The molecule has 3 nitrogen and oxygen atoms in total. The smallest absolute Gasteiger partial charge is 0.137 e. The third kappa shape index (κ3) is 6.77. The Balaban J connectivity index is 1.26. The average molecular weight is 765 g/mol. The largest absolute Gasteiger partial charge is 0.456 e. The van der Waals surface area contributed by atoms with Gasteiger partial charge in [0.05, 0.1) is 5.69 Å². The summed E-state index contributed by atoms with van der Waals surface area (Å²) in [7, 11) is 0. The van der Waals surface area contributed by atoms with Gasteiger partial charge in [0.2, 0.25) is 0 Å². The van der Waals surface area contributed by atoms with Crippen molar-refractivity contribution in [1.82, 2.24) is 0 Å². The number of fused-ring (bicyclic) bond motifs is 6. The van der Waals surface area contributed by atoms with Gasteiger partial charge < -0.3 is 14.5 Å². The molecule has 10 rings (SSSR count). The van der Waals surface area contributed by atoms with Crippen molar-refractivity contribution in [2.75, 3.05) is 9.80 Å². The van der Waals surface area contributed by atoms with Crippen LogP contribution in [0.3, 0.4) is 0 Å². The number of ether oxygens (including phenoxy) is 1. The summed E-state index contributed by atoms with van der Waals surface area (Å²) in [6.07, 6.45) is 6.64. The van der Waals surface area contributed by atoms with Gasteiger partial charge >= 0.3 is 0 Å². The van der Waals surface area contributed by atoms with E-state index in [1.54, 1.807) is 0 Å². The normalized spacial score (nSPS) is 11.8. The second kappa shape index (κ2) is 15.8. The van der Waals surface area contributed by atoms with E-state index in [-0.39, 0.29) is 0 Å². The maximum Gasteiger partial charge on any atom is 0.137 e. The average Bonchev–Trinajstić information content (AvgIpc) is 3.29. The Hall–Kier alpha value is -6.84. The van der Waals surface area contributed by atoms with E-state index in [1.807, 2.05) is 0 Å². The van der Waals surface area contributed by atoms with Gasteiger partial charge in [-0.1, -0.05) is 124 Å². The molecule has 0 fully saturated rings. The van der Waals surface area contributed by atoms with E-state index in [4.69, 9.17) is 4.74 Å². The fraction of sp³-hybridized carbons (Fsp3) is 0.143. The number of benzene rings is 9. The third-order valence-electron chi connectivity index (χ3n) is 11.9. The molecule has 59 heavy (non-hydrogen) atoms. The number of nitrogens with zero attached hydrogens (tertiary/aromatic N) is 2. The molecule has 0 aliphatic carbocycles. The summed E-state index contributed by atoms with van der Waals surface area (Å²) >= 11 is 0. The van der Waals surface area contributed by atoms with Crippen LogP contribution in [0.15, 0.2) is 182 Å². The highest BCUT2D eigenvalue weighted by molar-refractivity contribution is 6.26. The standard InChI is InChI=1S/C56H48N2O/c1-3-5-19-39-29-31-46-48(33-39)49-37-52-47-32-30-45(57(41-21-11-7-12-22-41)42-23-13-8-14-24-42)36-54(47)59-55-35-40(20-6-4-2)34-51(56(52)55)50(49)38-53(46)58(43-25-15-9-16-26-43)44-27-17-10-18-28-44/h7-18,21-38H,3-6,19-20H2,1-2H3. The molecule has 0 saturated heterocycles. The Morgan fingerprint density at radius 1 is 0.373 bits per heavy atom. The van der Waals surface area contributed by atoms with Crippen LogP contribution in [0.5, 0.6) is 11.5 Å². The van der Waals surface area contributed by atoms with Crippen LogP contribution in [0.1, 0.15) is 50.7 Å². The van der Waals surface area contributed by atoms with Gasteiger partial charge in [0.15, 0.2) is 0 Å². The molecule has 0 amide bonds. The molecule has 0 spiro atoms. The minimum absolute atomic E-state index is 0.879. The van der Waals surface area contributed by atoms with Crippen LogP contribution in [0.4, 0.5) is 34.1 Å². The van der Waals surface area contributed by atoms with Crippen molar-refractivity contribution in [3.05, 3.63) is 193 Å². The summed E-state index contributed by atoms with van der Waals surface area (Å²) in [5.74, 6) is 1.81. The van der Waals surface area contributed by atoms with Gasteiger partial charge in [-0.05, 0) is 143 Å². The van der Waals surface area contributed by atoms with Gasteiger partial charge in [-0.2, -0.15) is 0 Å². The predicted molar refractivity (Wildman–Crippen MR) is 251 cm³/mol. The Morgan fingerprint density at radius 3 is 1.49 bits per heavy atom. The minimum Gasteiger partial charge on any atom is -0.456 e. The second-order valence-electron chi connectivity index (χ2n) is 15.8. The zero-order chi connectivity index (χ0) is 39.7. The zero-order valence-corrected chi connectivity index (χ0v) is 33.9. The van der Waals surface area contributed by atoms with Gasteiger partial charge in [-0.25, -0.2) is 0 Å². The highest BCUT2D eigenvalue weighted by Crippen LogP contribution is 2.53. The molecular formula is C56H48N2O. The van der Waals surface area contributed by atoms with Crippen LogP contribution in [-0.4, -0.2) is 0 Å². The lowest BCUT2D eigenvalue weighted by atomic mass is 9.86. The second-order valence-corrected chi connectivity index (χ2v) is 15.8. The molecule has 0 N–H and O–H groups in total. The van der Waals surface area contributed by atoms with Crippen LogP contribution < -0.4 is 14.5 Å². The molecular weight excluding hydrogens is 717 g/mol. The van der Waals surface area contributed by atoms with E-state index in [9.17, 15) is 0 Å². The monoisotopic (exact) mass is 764 g/mol. The first-order valence-electron chi connectivity index (χ1n) is 21.3. The lowest BCUT2D eigenvalue weighted by Crippen LogP contribution is -2.11. The van der Waals surface area contributed by atoms with Crippen molar-refractivity contribution >= 4 is 66.4 Å². The predicted octanol–water partition coefficient (Wildman–Crippen LogP) is 16.5. The van der Waals surface area contributed by atoms with Gasteiger partial charge in [0.1, 0.15) is 11.5 Å². The first-order valence-corrected chi connectivity index (χ1v) is 21.3. The van der Waals surface area contributed by atoms with E-state index in [0.29, 0.717) is 0 Å². The minimum atomic E-state index is 0.879. The molecule has 1 aliphatic heterocycles. The summed E-state index contributed by atoms with van der Waals surface area (Å²) in [5, 5.41) is 7.47. The fourth-order valence-electron chi connectivity index (χ4n) is 9.03. The Labute approximate surface area is 347 Å². The number of hydrogen-bond acceptors (Lipinski definition) is 3. The summed E-state index contributed by atoms with van der Waals surface area (Å²) in [6.45, 7) is 4.55. The summed E-state index contributed by atoms with van der Waals surface area (Å²) in [5.41, 5.74) is 11.7. The van der Waals surface area contributed by atoms with Gasteiger partial charge in [0.25, 0.3) is 0 Å². The van der Waals surface area contributed by atoms with Crippen LogP contribution in [0.2, 0.25) is 0 Å². The number of anilines is 6. The van der Waals surface area contributed by atoms with Crippen LogP contribution in [0.25, 0.3) is 43.4 Å². The summed E-state index contributed by atoms with van der Waals surface area (Å²) in [4.78, 5) is 4.74. The molecule has 1 aliphatic rings. The topological polar surface area (TPSA) is 15.7 Å². The van der Waals surface area contributed by atoms with Gasteiger partial charge in [-0.15, -0.1) is 0 Å². The molecule has 1 heterocycles. The quantitative estimate of drug-likeness (QED) is 0.115. The Morgan fingerprint density at radius 2 is 0.898 bits per heavy atom.